The van der Waals surface area contributed by atoms with Gasteiger partial charge in [-0.1, -0.05) is 45.7 Å². The lowest BCUT2D eigenvalue weighted by Gasteiger charge is -2.18. The summed E-state index contributed by atoms with van der Waals surface area (Å²) in [5, 5.41) is 18.0. The third-order valence-corrected chi connectivity index (χ3v) is 5.22. The molecule has 0 bridgehead atoms. The zero-order valence-electron chi connectivity index (χ0n) is 12.0. The number of carboxylic acids is 2. The summed E-state index contributed by atoms with van der Waals surface area (Å²) < 4.78 is 0. The second kappa shape index (κ2) is 10.6. The Hall–Kier alpha value is -0.100. The van der Waals surface area contributed by atoms with Crippen LogP contribution in [0.2, 0.25) is 0 Å². The maximum Gasteiger partial charge on any atom is 0.306 e. The predicted octanol–water partition coefficient (Wildman–Crippen LogP) is 4.30. The van der Waals surface area contributed by atoms with Gasteiger partial charge in [-0.15, -0.1) is 0 Å². The van der Waals surface area contributed by atoms with E-state index in [1.54, 1.807) is 0 Å². The van der Waals surface area contributed by atoms with Crippen molar-refractivity contribution in [3.05, 3.63) is 0 Å². The molecule has 0 spiro atoms. The average molecular weight is 416 g/mol. The van der Waals surface area contributed by atoms with Gasteiger partial charge in [0, 0.05) is 9.65 Å². The topological polar surface area (TPSA) is 74.6 Å². The van der Waals surface area contributed by atoms with Gasteiger partial charge in [0.1, 0.15) is 0 Å². The third-order valence-electron chi connectivity index (χ3n) is 3.56. The van der Waals surface area contributed by atoms with E-state index < -0.39 is 11.9 Å². The Morgan fingerprint density at radius 3 is 1.35 bits per heavy atom. The predicted molar refractivity (Wildman–Crippen MR) is 86.7 cm³/mol. The molecule has 2 N–H and O–H groups in total. The Labute approximate surface area is 137 Å². The SMILES string of the molecule is CCC(CC(Br)CCC(Br)CC(CC)C(=O)O)C(=O)O. The second-order valence-corrected chi connectivity index (χ2v) is 7.72. The summed E-state index contributed by atoms with van der Waals surface area (Å²) in [5.74, 6) is -2.11. The van der Waals surface area contributed by atoms with E-state index in [-0.39, 0.29) is 21.5 Å². The van der Waals surface area contributed by atoms with Crippen molar-refractivity contribution in [2.75, 3.05) is 0 Å². The number of hydrogen-bond acceptors (Lipinski definition) is 2. The minimum Gasteiger partial charge on any atom is -0.481 e. The molecule has 6 heteroatoms. The Bertz CT molecular complexity index is 280. The fraction of sp³-hybridized carbons (Fsp3) is 0.857. The van der Waals surface area contributed by atoms with Crippen molar-refractivity contribution in [1.82, 2.24) is 0 Å². The summed E-state index contributed by atoms with van der Waals surface area (Å²) in [4.78, 5) is 22.3. The maximum absolute atomic E-state index is 11.0. The molecule has 4 nitrogen and oxygen atoms in total. The molecule has 0 fully saturated rings. The van der Waals surface area contributed by atoms with Crippen LogP contribution in [0.5, 0.6) is 0 Å². The number of halogens is 2. The lowest BCUT2D eigenvalue weighted by Crippen LogP contribution is -2.19. The van der Waals surface area contributed by atoms with Gasteiger partial charge in [-0.25, -0.2) is 0 Å². The van der Waals surface area contributed by atoms with Gasteiger partial charge in [0.15, 0.2) is 0 Å². The lowest BCUT2D eigenvalue weighted by atomic mass is 9.95. The van der Waals surface area contributed by atoms with Crippen LogP contribution in [0.3, 0.4) is 0 Å². The summed E-state index contributed by atoms with van der Waals surface area (Å²) in [6.45, 7) is 3.76. The van der Waals surface area contributed by atoms with Crippen molar-refractivity contribution in [1.29, 1.82) is 0 Å². The number of aliphatic carboxylic acids is 2. The van der Waals surface area contributed by atoms with Crippen molar-refractivity contribution in [3.63, 3.8) is 0 Å². The number of alkyl halides is 2. The molecule has 0 saturated heterocycles. The molecule has 0 aromatic rings. The van der Waals surface area contributed by atoms with E-state index in [4.69, 9.17) is 10.2 Å². The molecule has 0 rings (SSSR count). The molecule has 0 radical (unpaired) electrons. The molecule has 0 heterocycles. The van der Waals surface area contributed by atoms with Gasteiger partial charge in [0.25, 0.3) is 0 Å². The molecule has 20 heavy (non-hydrogen) atoms. The van der Waals surface area contributed by atoms with E-state index in [9.17, 15) is 9.59 Å². The van der Waals surface area contributed by atoms with Crippen LogP contribution >= 0.6 is 31.9 Å². The summed E-state index contributed by atoms with van der Waals surface area (Å²) in [7, 11) is 0. The van der Waals surface area contributed by atoms with Crippen LogP contribution < -0.4 is 0 Å². The third kappa shape index (κ3) is 8.25. The van der Waals surface area contributed by atoms with E-state index in [1.807, 2.05) is 13.8 Å². The molecule has 0 aromatic heterocycles. The van der Waals surface area contributed by atoms with E-state index >= 15 is 0 Å². The number of carboxylic acid groups (broad SMARTS) is 2. The van der Waals surface area contributed by atoms with Crippen molar-refractivity contribution >= 4 is 43.8 Å². The molecule has 4 atom stereocenters. The fourth-order valence-electron chi connectivity index (χ4n) is 2.10. The molecular weight excluding hydrogens is 392 g/mol. The maximum atomic E-state index is 11.0. The van der Waals surface area contributed by atoms with E-state index in [0.717, 1.165) is 12.8 Å². The summed E-state index contributed by atoms with van der Waals surface area (Å²) in [5.41, 5.74) is 0. The van der Waals surface area contributed by atoms with Gasteiger partial charge < -0.3 is 10.2 Å². The molecule has 0 aliphatic heterocycles. The second-order valence-electron chi connectivity index (χ2n) is 5.13. The molecular formula is C14H24Br2O4. The Morgan fingerprint density at radius 1 is 0.850 bits per heavy atom. The quantitative estimate of drug-likeness (QED) is 0.493. The number of rotatable bonds is 11. The average Bonchev–Trinajstić information content (AvgIpc) is 2.38. The zero-order valence-corrected chi connectivity index (χ0v) is 15.2. The van der Waals surface area contributed by atoms with Gasteiger partial charge in [-0.05, 0) is 38.5 Å². The first-order valence-electron chi connectivity index (χ1n) is 7.05. The molecule has 0 aliphatic rings. The van der Waals surface area contributed by atoms with Crippen LogP contribution in [-0.2, 0) is 9.59 Å². The van der Waals surface area contributed by atoms with Crippen molar-refractivity contribution in [2.45, 2.75) is 62.0 Å². The van der Waals surface area contributed by atoms with Gasteiger partial charge >= 0.3 is 11.9 Å². The zero-order chi connectivity index (χ0) is 15.7. The Morgan fingerprint density at radius 2 is 1.15 bits per heavy atom. The largest absolute Gasteiger partial charge is 0.481 e. The monoisotopic (exact) mass is 414 g/mol. The molecule has 0 amide bonds. The normalized spacial score (nSPS) is 17.2. The summed E-state index contributed by atoms with van der Waals surface area (Å²) >= 11 is 7.06. The minimum absolute atomic E-state index is 0.161. The highest BCUT2D eigenvalue weighted by molar-refractivity contribution is 9.09. The first-order valence-corrected chi connectivity index (χ1v) is 8.88. The summed E-state index contributed by atoms with van der Waals surface area (Å²) in [6, 6.07) is 0. The highest BCUT2D eigenvalue weighted by Crippen LogP contribution is 2.26. The first-order chi connectivity index (χ1) is 9.31. The van der Waals surface area contributed by atoms with Crippen LogP contribution in [0.4, 0.5) is 0 Å². The van der Waals surface area contributed by atoms with Crippen LogP contribution in [0, 0.1) is 11.8 Å². The molecule has 0 aliphatic carbocycles. The molecule has 0 saturated carbocycles. The van der Waals surface area contributed by atoms with Gasteiger partial charge in [0.05, 0.1) is 11.8 Å². The molecule has 4 unspecified atom stereocenters. The molecule has 118 valence electrons. The van der Waals surface area contributed by atoms with Crippen molar-refractivity contribution < 1.29 is 19.8 Å². The first kappa shape index (κ1) is 19.9. The van der Waals surface area contributed by atoms with Crippen molar-refractivity contribution in [3.8, 4) is 0 Å². The fourth-order valence-corrected chi connectivity index (χ4v) is 3.53. The number of carbonyl (C=O) groups is 2. The summed E-state index contributed by atoms with van der Waals surface area (Å²) in [6.07, 6.45) is 4.17. The van der Waals surface area contributed by atoms with E-state index in [2.05, 4.69) is 31.9 Å². The molecule has 0 aromatic carbocycles. The van der Waals surface area contributed by atoms with E-state index in [0.29, 0.717) is 25.7 Å². The Kier molecular flexibility index (Phi) is 10.5. The van der Waals surface area contributed by atoms with Gasteiger partial charge in [-0.3, -0.25) is 9.59 Å². The minimum atomic E-state index is -0.746. The van der Waals surface area contributed by atoms with Gasteiger partial charge in [0.2, 0.25) is 0 Å². The van der Waals surface area contributed by atoms with Crippen LogP contribution in [0.25, 0.3) is 0 Å². The van der Waals surface area contributed by atoms with E-state index in [1.165, 1.54) is 0 Å². The van der Waals surface area contributed by atoms with Crippen molar-refractivity contribution in [2.24, 2.45) is 11.8 Å². The smallest absolute Gasteiger partial charge is 0.306 e. The van der Waals surface area contributed by atoms with Crippen LogP contribution in [0.15, 0.2) is 0 Å². The van der Waals surface area contributed by atoms with Crippen LogP contribution in [0.1, 0.15) is 52.4 Å². The van der Waals surface area contributed by atoms with Crippen LogP contribution in [-0.4, -0.2) is 31.8 Å². The highest BCUT2D eigenvalue weighted by Gasteiger charge is 2.22. The highest BCUT2D eigenvalue weighted by atomic mass is 79.9. The van der Waals surface area contributed by atoms with Gasteiger partial charge in [-0.2, -0.15) is 0 Å². The Balaban J connectivity index is 4.07. The lowest BCUT2D eigenvalue weighted by molar-refractivity contribution is -0.143. The number of hydrogen-bond donors (Lipinski definition) is 2. The standard InChI is InChI=1S/C14H24Br2O4/c1-3-9(13(17)18)7-11(15)5-6-12(16)8-10(4-2)14(19)20/h9-12H,3-8H2,1-2H3,(H,17,18)(H,19,20).